The largest absolute Gasteiger partial charge is 0.360 e. The van der Waals surface area contributed by atoms with E-state index in [0.717, 1.165) is 54.9 Å². The lowest BCUT2D eigenvalue weighted by Crippen LogP contribution is -2.47. The zero-order valence-electron chi connectivity index (χ0n) is 22.9. The van der Waals surface area contributed by atoms with Crippen molar-refractivity contribution in [1.29, 1.82) is 0 Å². The quantitative estimate of drug-likeness (QED) is 0.456. The van der Waals surface area contributed by atoms with Gasteiger partial charge in [0.25, 0.3) is 5.91 Å². The van der Waals surface area contributed by atoms with Crippen LogP contribution in [0.3, 0.4) is 0 Å². The number of carbonyl (C=O) groups is 1. The number of aromatic nitrogens is 1. The summed E-state index contributed by atoms with van der Waals surface area (Å²) in [4.78, 5) is 39.8. The molecule has 3 aromatic rings. The molecule has 5 rings (SSSR count). The number of pyridine rings is 1. The number of hydrogen-bond donors (Lipinski definition) is 1. The van der Waals surface area contributed by atoms with Gasteiger partial charge in [0, 0.05) is 26.2 Å². The average molecular weight is 535 g/mol. The van der Waals surface area contributed by atoms with Gasteiger partial charge in [-0.1, -0.05) is 18.2 Å². The van der Waals surface area contributed by atoms with E-state index in [-0.39, 0.29) is 16.9 Å². The number of nitrogens with zero attached hydrogens (tertiary/aromatic N) is 5. The number of rotatable bonds is 9. The maximum atomic E-state index is 13.9. The Hall–Kier alpha value is -3.01. The first kappa shape index (κ1) is 26.6. The summed E-state index contributed by atoms with van der Waals surface area (Å²) in [5.41, 5.74) is 1.54. The van der Waals surface area contributed by atoms with E-state index in [9.17, 15) is 9.59 Å². The van der Waals surface area contributed by atoms with Crippen molar-refractivity contribution in [1.82, 2.24) is 24.4 Å². The van der Waals surface area contributed by atoms with Crippen LogP contribution in [0.2, 0.25) is 0 Å². The molecule has 1 N–H and O–H groups in total. The van der Waals surface area contributed by atoms with Crippen LogP contribution in [0.4, 0.5) is 0 Å². The summed E-state index contributed by atoms with van der Waals surface area (Å²) in [6.45, 7) is 3.52. The van der Waals surface area contributed by atoms with Crippen LogP contribution in [0, 0.1) is 0 Å². The molecule has 0 radical (unpaired) electrons. The van der Waals surface area contributed by atoms with Gasteiger partial charge < -0.3 is 20.0 Å². The number of thiazole rings is 1. The highest BCUT2D eigenvalue weighted by Gasteiger charge is 2.24. The fourth-order valence-corrected chi connectivity index (χ4v) is 6.69. The second-order valence-corrected chi connectivity index (χ2v) is 11.7. The van der Waals surface area contributed by atoms with Gasteiger partial charge in [0.2, 0.25) is 5.43 Å². The number of likely N-dealkylation sites (tertiary alicyclic amines) is 1. The van der Waals surface area contributed by atoms with Crippen LogP contribution in [0.25, 0.3) is 21.1 Å². The maximum Gasteiger partial charge on any atom is 0.258 e. The first-order chi connectivity index (χ1) is 18.3. The molecule has 8 nitrogen and oxygen atoms in total. The Labute approximate surface area is 227 Å². The number of amides is 1. The molecule has 4 heterocycles. The van der Waals surface area contributed by atoms with Gasteiger partial charge >= 0.3 is 0 Å². The fourth-order valence-electron chi connectivity index (χ4n) is 5.51. The van der Waals surface area contributed by atoms with Crippen LogP contribution >= 0.6 is 11.3 Å². The SMILES string of the molecule is CN(C)CCCN(C)C1=CCC=c2c(=O)c(C(=O)NCCC3CCCN3C)c3sc4ccccc4n3c2=N1. The minimum Gasteiger partial charge on any atom is -0.360 e. The minimum absolute atomic E-state index is 0.221. The number of allylic oxidation sites excluding steroid dienone is 1. The molecule has 0 aliphatic carbocycles. The average Bonchev–Trinajstić information content (AvgIpc) is 3.39. The van der Waals surface area contributed by atoms with Crippen molar-refractivity contribution < 1.29 is 4.79 Å². The standard InChI is InChI=1S/C29H38N6O2S/c1-32(2)17-9-19-34(4)24-14-7-11-21-26(36)25(28(37)30-16-15-20-10-8-18-33(20)3)29-35(27(21)31-24)22-12-5-6-13-23(22)38-29/h5-6,11-14,20H,7-10,15-19H2,1-4H3,(H,30,37). The number of benzene rings is 1. The topological polar surface area (TPSA) is 72.7 Å². The van der Waals surface area contributed by atoms with Gasteiger partial charge in [0.1, 0.15) is 16.2 Å². The highest BCUT2D eigenvalue weighted by Crippen LogP contribution is 2.26. The second-order valence-electron chi connectivity index (χ2n) is 10.7. The Bertz CT molecular complexity index is 1550. The van der Waals surface area contributed by atoms with E-state index < -0.39 is 0 Å². The van der Waals surface area contributed by atoms with E-state index in [1.54, 1.807) is 0 Å². The number of hydrogen-bond acceptors (Lipinski definition) is 7. The Morgan fingerprint density at radius 3 is 2.76 bits per heavy atom. The predicted octanol–water partition coefficient (Wildman–Crippen LogP) is 2.26. The molecule has 2 aromatic heterocycles. The van der Waals surface area contributed by atoms with Gasteiger partial charge in [0.15, 0.2) is 5.49 Å². The van der Waals surface area contributed by atoms with E-state index >= 15 is 0 Å². The van der Waals surface area contributed by atoms with Crippen molar-refractivity contribution in [2.24, 2.45) is 4.99 Å². The van der Waals surface area contributed by atoms with E-state index in [1.807, 2.05) is 41.8 Å². The smallest absolute Gasteiger partial charge is 0.258 e. The molecule has 1 fully saturated rings. The number of fused-ring (bicyclic) bond motifs is 5. The minimum atomic E-state index is -0.297. The molecule has 1 saturated heterocycles. The second kappa shape index (κ2) is 11.4. The van der Waals surface area contributed by atoms with Gasteiger partial charge in [-0.2, -0.15) is 0 Å². The summed E-state index contributed by atoms with van der Waals surface area (Å²) in [5.74, 6) is 0.550. The van der Waals surface area contributed by atoms with E-state index in [2.05, 4.69) is 47.2 Å². The van der Waals surface area contributed by atoms with Gasteiger partial charge in [-0.05, 0) is 84.5 Å². The molecule has 1 unspecified atom stereocenters. The van der Waals surface area contributed by atoms with Gasteiger partial charge in [-0.15, -0.1) is 11.3 Å². The Balaban J connectivity index is 1.56. The van der Waals surface area contributed by atoms with Crippen molar-refractivity contribution in [3.63, 3.8) is 0 Å². The lowest BCUT2D eigenvalue weighted by molar-refractivity contribution is 0.0950. The summed E-state index contributed by atoms with van der Waals surface area (Å²) in [5, 5.41) is 3.56. The number of carbonyl (C=O) groups excluding carboxylic acids is 1. The van der Waals surface area contributed by atoms with Crippen molar-refractivity contribution >= 4 is 38.4 Å². The third kappa shape index (κ3) is 5.28. The van der Waals surface area contributed by atoms with Crippen LogP contribution in [0.5, 0.6) is 0 Å². The normalized spacial score (nSPS) is 17.7. The molecule has 1 amide bonds. The van der Waals surface area contributed by atoms with Crippen molar-refractivity contribution in [2.45, 2.75) is 38.1 Å². The van der Waals surface area contributed by atoms with Crippen molar-refractivity contribution in [3.8, 4) is 0 Å². The zero-order valence-corrected chi connectivity index (χ0v) is 23.7. The molecule has 9 heteroatoms. The molecule has 0 saturated carbocycles. The van der Waals surface area contributed by atoms with E-state index in [1.165, 1.54) is 17.8 Å². The number of nitrogens with one attached hydrogen (secondary N) is 1. The molecule has 0 bridgehead atoms. The highest BCUT2D eigenvalue weighted by atomic mass is 32.1. The lowest BCUT2D eigenvalue weighted by Gasteiger charge is -2.20. The first-order valence-corrected chi connectivity index (χ1v) is 14.4. The van der Waals surface area contributed by atoms with Crippen LogP contribution in [0.1, 0.15) is 42.5 Å². The molecule has 1 aromatic carbocycles. The summed E-state index contributed by atoms with van der Waals surface area (Å²) in [7, 11) is 8.34. The Kier molecular flexibility index (Phi) is 7.97. The summed E-state index contributed by atoms with van der Waals surface area (Å²) < 4.78 is 3.03. The molecule has 202 valence electrons. The van der Waals surface area contributed by atoms with Crippen molar-refractivity contribution in [3.05, 3.63) is 62.7 Å². The van der Waals surface area contributed by atoms with Gasteiger partial charge in [-0.25, -0.2) is 4.99 Å². The summed E-state index contributed by atoms with van der Waals surface area (Å²) in [6.07, 6.45) is 8.83. The van der Waals surface area contributed by atoms with Crippen LogP contribution in [-0.2, 0) is 0 Å². The molecule has 38 heavy (non-hydrogen) atoms. The van der Waals surface area contributed by atoms with E-state index in [4.69, 9.17) is 4.99 Å². The summed E-state index contributed by atoms with van der Waals surface area (Å²) in [6, 6.07) is 8.53. The van der Waals surface area contributed by atoms with Crippen LogP contribution in [-0.4, -0.2) is 85.4 Å². The van der Waals surface area contributed by atoms with Gasteiger partial charge in [0.05, 0.1) is 15.4 Å². The van der Waals surface area contributed by atoms with Crippen molar-refractivity contribution in [2.75, 3.05) is 54.4 Å². The van der Waals surface area contributed by atoms with Gasteiger partial charge in [-0.3, -0.25) is 14.0 Å². The van der Waals surface area contributed by atoms with Crippen LogP contribution in [0.15, 0.2) is 45.9 Å². The Morgan fingerprint density at radius 2 is 2.00 bits per heavy atom. The molecular formula is C29H38N6O2S. The zero-order chi connectivity index (χ0) is 26.8. The first-order valence-electron chi connectivity index (χ1n) is 13.5. The fraction of sp³-hybridized carbons (Fsp3) is 0.483. The predicted molar refractivity (Wildman–Crippen MR) is 155 cm³/mol. The van der Waals surface area contributed by atoms with Crippen LogP contribution < -0.4 is 21.5 Å². The van der Waals surface area contributed by atoms with E-state index in [0.29, 0.717) is 34.5 Å². The molecule has 0 spiro atoms. The molecular weight excluding hydrogens is 496 g/mol. The molecule has 1 atom stereocenters. The molecule has 2 aliphatic heterocycles. The Morgan fingerprint density at radius 1 is 1.18 bits per heavy atom. The summed E-state index contributed by atoms with van der Waals surface area (Å²) >= 11 is 1.48. The third-order valence-electron chi connectivity index (χ3n) is 7.65. The maximum absolute atomic E-state index is 13.9. The number of para-hydroxylation sites is 1. The highest BCUT2D eigenvalue weighted by molar-refractivity contribution is 7.24. The monoisotopic (exact) mass is 534 g/mol. The molecule has 2 aliphatic rings. The lowest BCUT2D eigenvalue weighted by atomic mass is 10.1. The third-order valence-corrected chi connectivity index (χ3v) is 8.79.